The van der Waals surface area contributed by atoms with E-state index in [4.69, 9.17) is 9.72 Å². The van der Waals surface area contributed by atoms with Crippen molar-refractivity contribution in [1.29, 1.82) is 0 Å². The van der Waals surface area contributed by atoms with E-state index in [0.717, 1.165) is 39.9 Å². The van der Waals surface area contributed by atoms with Gasteiger partial charge < -0.3 is 19.5 Å². The third-order valence-electron chi connectivity index (χ3n) is 6.91. The molecule has 0 bridgehead atoms. The number of nitrogens with one attached hydrogen (secondary N) is 1. The first kappa shape index (κ1) is 25.5. The first-order chi connectivity index (χ1) is 18.3. The van der Waals surface area contributed by atoms with Crippen LogP contribution in [0.25, 0.3) is 11.3 Å². The summed E-state index contributed by atoms with van der Waals surface area (Å²) >= 11 is 0. The van der Waals surface area contributed by atoms with E-state index in [2.05, 4.69) is 9.88 Å². The number of carbonyl (C=O) groups excluding carboxylic acids is 1. The van der Waals surface area contributed by atoms with Gasteiger partial charge in [0.25, 0.3) is 5.91 Å². The molecule has 0 spiro atoms. The lowest BCUT2D eigenvalue weighted by Crippen LogP contribution is -2.47. The highest BCUT2D eigenvalue weighted by molar-refractivity contribution is 5.82. The number of halogens is 1. The van der Waals surface area contributed by atoms with Gasteiger partial charge >= 0.3 is 0 Å². The number of carbonyl (C=O) groups is 1. The number of benzene rings is 3. The molecule has 0 aliphatic carbocycles. The van der Waals surface area contributed by atoms with Crippen molar-refractivity contribution in [2.24, 2.45) is 5.92 Å². The molecule has 0 saturated heterocycles. The Kier molecular flexibility index (Phi) is 7.18. The molecule has 0 fully saturated rings. The molecule has 7 heteroatoms. The molecule has 1 amide bonds. The molecular formula is C31H33FN4O2. The van der Waals surface area contributed by atoms with Crippen LogP contribution in [0.3, 0.4) is 0 Å². The molecule has 4 aromatic rings. The van der Waals surface area contributed by atoms with Crippen molar-refractivity contribution in [3.8, 4) is 17.0 Å². The van der Waals surface area contributed by atoms with E-state index in [-0.39, 0.29) is 17.6 Å². The van der Waals surface area contributed by atoms with E-state index < -0.39 is 6.10 Å². The minimum Gasteiger partial charge on any atom is -0.480 e. The first-order valence-electron chi connectivity index (χ1n) is 13.0. The summed E-state index contributed by atoms with van der Waals surface area (Å²) in [5.74, 6) is 1.99. The summed E-state index contributed by atoms with van der Waals surface area (Å²) in [5.41, 5.74) is 4.64. The molecule has 38 heavy (non-hydrogen) atoms. The molecule has 0 radical (unpaired) electrons. The number of ether oxygens (including phenoxy) is 1. The third kappa shape index (κ3) is 5.28. The molecule has 0 saturated carbocycles. The summed E-state index contributed by atoms with van der Waals surface area (Å²) in [6, 6.07) is 22.3. The molecule has 1 atom stereocenters. The monoisotopic (exact) mass is 512 g/mol. The van der Waals surface area contributed by atoms with Crippen molar-refractivity contribution in [3.63, 3.8) is 0 Å². The van der Waals surface area contributed by atoms with E-state index in [0.29, 0.717) is 19.6 Å². The summed E-state index contributed by atoms with van der Waals surface area (Å²) in [7, 11) is 0. The molecule has 3 aromatic carbocycles. The minimum atomic E-state index is -0.598. The van der Waals surface area contributed by atoms with Gasteiger partial charge in [-0.2, -0.15) is 0 Å². The number of fused-ring (bicyclic) bond motifs is 1. The number of hydrogen-bond acceptors (Lipinski definition) is 4. The Morgan fingerprint density at radius 1 is 0.974 bits per heavy atom. The highest BCUT2D eigenvalue weighted by atomic mass is 19.1. The minimum absolute atomic E-state index is 0.00248. The lowest BCUT2D eigenvalue weighted by atomic mass is 10.1. The number of imidazole rings is 1. The lowest BCUT2D eigenvalue weighted by Gasteiger charge is -2.33. The smallest absolute Gasteiger partial charge is 0.264 e. The van der Waals surface area contributed by atoms with Gasteiger partial charge in [-0.15, -0.1) is 0 Å². The topological polar surface area (TPSA) is 59.4 Å². The summed E-state index contributed by atoms with van der Waals surface area (Å²) in [6.07, 6.45) is -0.598. The van der Waals surface area contributed by atoms with Crippen LogP contribution < -0.4 is 10.1 Å². The number of aromatic nitrogens is 2. The number of nitrogens with zero attached hydrogens (tertiary/aromatic N) is 3. The number of anilines is 2. The Labute approximate surface area is 223 Å². The van der Waals surface area contributed by atoms with Gasteiger partial charge in [-0.1, -0.05) is 49.7 Å². The maximum atomic E-state index is 13.7. The van der Waals surface area contributed by atoms with Crippen LogP contribution in [0.2, 0.25) is 0 Å². The van der Waals surface area contributed by atoms with Crippen molar-refractivity contribution in [2.75, 3.05) is 11.9 Å². The number of para-hydroxylation sites is 1. The summed E-state index contributed by atoms with van der Waals surface area (Å²) < 4.78 is 22.0. The maximum absolute atomic E-state index is 13.7. The summed E-state index contributed by atoms with van der Waals surface area (Å²) in [6.45, 7) is 9.52. The Balaban J connectivity index is 1.45. The molecule has 1 aromatic heterocycles. The van der Waals surface area contributed by atoms with Gasteiger partial charge in [-0.3, -0.25) is 4.79 Å². The zero-order valence-corrected chi connectivity index (χ0v) is 22.2. The van der Waals surface area contributed by atoms with Gasteiger partial charge in [0, 0.05) is 24.3 Å². The second-order valence-electron chi connectivity index (χ2n) is 10.2. The fourth-order valence-corrected chi connectivity index (χ4v) is 4.71. The van der Waals surface area contributed by atoms with Crippen LogP contribution in [0.1, 0.15) is 30.8 Å². The molecule has 1 aliphatic heterocycles. The third-order valence-corrected chi connectivity index (χ3v) is 6.91. The second-order valence-corrected chi connectivity index (χ2v) is 10.2. The fraction of sp³-hybridized carbons (Fsp3) is 0.290. The van der Waals surface area contributed by atoms with Crippen molar-refractivity contribution in [1.82, 2.24) is 14.5 Å². The molecule has 6 nitrogen and oxygen atoms in total. The quantitative estimate of drug-likeness (QED) is 0.307. The number of aryl methyl sites for hydroxylation is 2. The largest absolute Gasteiger partial charge is 0.480 e. The van der Waals surface area contributed by atoms with Crippen LogP contribution in [0, 0.1) is 25.6 Å². The average molecular weight is 513 g/mol. The van der Waals surface area contributed by atoms with E-state index in [1.807, 2.05) is 81.1 Å². The van der Waals surface area contributed by atoms with Crippen LogP contribution in [0.5, 0.6) is 5.75 Å². The van der Waals surface area contributed by atoms with E-state index in [1.165, 1.54) is 17.7 Å². The Hall–Kier alpha value is -4.13. The molecule has 5 rings (SSSR count). The fourth-order valence-electron chi connectivity index (χ4n) is 4.71. The SMILES string of the molecule is Cc1ccc(Nc2c(-c3ccc(F)cc3)nc3n2CCN(C(=O)C(Oc2ccccc2C)C(C)C)C3)cc1. The maximum Gasteiger partial charge on any atom is 0.264 e. The van der Waals surface area contributed by atoms with E-state index >= 15 is 0 Å². The molecule has 196 valence electrons. The van der Waals surface area contributed by atoms with E-state index in [9.17, 15) is 9.18 Å². The normalized spacial score (nSPS) is 13.8. The molecule has 1 aliphatic rings. The van der Waals surface area contributed by atoms with Gasteiger partial charge in [0.2, 0.25) is 0 Å². The van der Waals surface area contributed by atoms with Crippen LogP contribution in [-0.4, -0.2) is 33.0 Å². The molecular weight excluding hydrogens is 479 g/mol. The predicted octanol–water partition coefficient (Wildman–Crippen LogP) is 6.50. The van der Waals surface area contributed by atoms with Crippen molar-refractivity contribution < 1.29 is 13.9 Å². The van der Waals surface area contributed by atoms with Crippen molar-refractivity contribution in [2.45, 2.75) is 46.9 Å². The molecule has 1 N–H and O–H groups in total. The Morgan fingerprint density at radius 2 is 1.68 bits per heavy atom. The number of amides is 1. The summed E-state index contributed by atoms with van der Waals surface area (Å²) in [5, 5.41) is 3.52. The molecule has 2 heterocycles. The van der Waals surface area contributed by atoms with Crippen molar-refractivity contribution in [3.05, 3.63) is 95.6 Å². The Morgan fingerprint density at radius 3 is 2.37 bits per heavy atom. The van der Waals surface area contributed by atoms with Crippen LogP contribution >= 0.6 is 0 Å². The zero-order chi connectivity index (χ0) is 26.8. The standard InChI is InChI=1S/C31H33FN4O2/c1-20(2)29(38-26-8-6-5-7-22(26)4)31(37)35-17-18-36-27(19-35)34-28(23-11-13-24(32)14-12-23)30(36)33-25-15-9-21(3)10-16-25/h5-16,20,29,33H,17-19H2,1-4H3. The van der Waals surface area contributed by atoms with Gasteiger partial charge in [0.15, 0.2) is 6.10 Å². The van der Waals surface area contributed by atoms with E-state index in [1.54, 1.807) is 12.1 Å². The van der Waals surface area contributed by atoms with Gasteiger partial charge in [0.1, 0.15) is 28.9 Å². The zero-order valence-electron chi connectivity index (χ0n) is 22.2. The van der Waals surface area contributed by atoms with Gasteiger partial charge in [-0.25, -0.2) is 9.37 Å². The van der Waals surface area contributed by atoms with Gasteiger partial charge in [0.05, 0.1) is 6.54 Å². The summed E-state index contributed by atoms with van der Waals surface area (Å²) in [4.78, 5) is 20.5. The van der Waals surface area contributed by atoms with Crippen molar-refractivity contribution >= 4 is 17.4 Å². The van der Waals surface area contributed by atoms with Crippen LogP contribution in [0.15, 0.2) is 72.8 Å². The average Bonchev–Trinajstić information content (AvgIpc) is 3.26. The lowest BCUT2D eigenvalue weighted by molar-refractivity contribution is -0.142. The molecule has 1 unspecified atom stereocenters. The highest BCUT2D eigenvalue weighted by Crippen LogP contribution is 2.34. The first-order valence-corrected chi connectivity index (χ1v) is 13.0. The van der Waals surface area contributed by atoms with Crippen LogP contribution in [-0.2, 0) is 17.9 Å². The number of hydrogen-bond donors (Lipinski definition) is 1. The van der Waals surface area contributed by atoms with Crippen LogP contribution in [0.4, 0.5) is 15.9 Å². The highest BCUT2D eigenvalue weighted by Gasteiger charge is 2.33. The number of rotatable bonds is 7. The van der Waals surface area contributed by atoms with Gasteiger partial charge in [-0.05, 0) is 67.8 Å². The second kappa shape index (κ2) is 10.7. The predicted molar refractivity (Wildman–Crippen MR) is 148 cm³/mol. The Bertz CT molecular complexity index is 1430.